The predicted molar refractivity (Wildman–Crippen MR) is 52.5 cm³/mol. The van der Waals surface area contributed by atoms with Crippen LogP contribution in [0.2, 0.25) is 0 Å². The molecule has 2 rings (SSSR count). The monoisotopic (exact) mass is 203 g/mol. The van der Waals surface area contributed by atoms with Crippen LogP contribution in [-0.4, -0.2) is 18.5 Å². The molecule has 82 valence electrons. The third kappa shape index (κ3) is 2.44. The van der Waals surface area contributed by atoms with Crippen LogP contribution in [-0.2, 0) is 0 Å². The van der Waals surface area contributed by atoms with E-state index in [1.165, 1.54) is 19.3 Å². The zero-order valence-electron chi connectivity index (χ0n) is 8.73. The van der Waals surface area contributed by atoms with Crippen molar-refractivity contribution < 1.29 is 8.78 Å². The fourth-order valence-corrected chi connectivity index (χ4v) is 2.66. The third-order valence-electron chi connectivity index (χ3n) is 3.56. The standard InChI is InChI=1S/C11H19F2N/c1-8-2-3-10(4-8)14-7-9-5-11(12,13)6-9/h8-10,14H,2-7H2,1H3. The maximum Gasteiger partial charge on any atom is 0.248 e. The second-order valence-corrected chi connectivity index (χ2v) is 5.15. The Morgan fingerprint density at radius 3 is 2.50 bits per heavy atom. The van der Waals surface area contributed by atoms with E-state index in [0.717, 1.165) is 12.5 Å². The van der Waals surface area contributed by atoms with E-state index in [2.05, 4.69) is 12.2 Å². The fraction of sp³-hybridized carbons (Fsp3) is 1.00. The summed E-state index contributed by atoms with van der Waals surface area (Å²) in [6.45, 7) is 3.06. The van der Waals surface area contributed by atoms with Crippen molar-refractivity contribution in [2.45, 2.75) is 51.0 Å². The molecule has 1 nitrogen and oxygen atoms in total. The van der Waals surface area contributed by atoms with Crippen molar-refractivity contribution in [3.05, 3.63) is 0 Å². The lowest BCUT2D eigenvalue weighted by Crippen LogP contribution is -2.43. The van der Waals surface area contributed by atoms with E-state index in [1.807, 2.05) is 0 Å². The molecule has 2 aliphatic rings. The molecule has 0 aromatic carbocycles. The number of halogens is 2. The molecule has 2 saturated carbocycles. The quantitative estimate of drug-likeness (QED) is 0.743. The SMILES string of the molecule is CC1CCC(NCC2CC(F)(F)C2)C1. The minimum atomic E-state index is -2.35. The smallest absolute Gasteiger partial charge is 0.248 e. The van der Waals surface area contributed by atoms with Crippen LogP contribution >= 0.6 is 0 Å². The van der Waals surface area contributed by atoms with Gasteiger partial charge in [0.1, 0.15) is 0 Å². The van der Waals surface area contributed by atoms with Gasteiger partial charge in [-0.1, -0.05) is 6.92 Å². The molecular weight excluding hydrogens is 184 g/mol. The minimum absolute atomic E-state index is 0.0995. The molecule has 0 aromatic rings. The predicted octanol–water partition coefficient (Wildman–Crippen LogP) is 2.81. The summed E-state index contributed by atoms with van der Waals surface area (Å²) in [6, 6.07) is 0.597. The highest BCUT2D eigenvalue weighted by molar-refractivity contribution is 4.88. The van der Waals surface area contributed by atoms with Gasteiger partial charge >= 0.3 is 0 Å². The summed E-state index contributed by atoms with van der Waals surface area (Å²) in [6.07, 6.45) is 3.94. The molecule has 2 aliphatic carbocycles. The highest BCUT2D eigenvalue weighted by Gasteiger charge is 2.44. The molecule has 1 N–H and O–H groups in total. The Morgan fingerprint density at radius 1 is 1.29 bits per heavy atom. The molecule has 0 heterocycles. The first kappa shape index (κ1) is 10.3. The van der Waals surface area contributed by atoms with Crippen LogP contribution in [0, 0.1) is 11.8 Å². The Labute approximate surface area is 84.3 Å². The van der Waals surface area contributed by atoms with Gasteiger partial charge in [-0.3, -0.25) is 0 Å². The van der Waals surface area contributed by atoms with Gasteiger partial charge in [-0.2, -0.15) is 0 Å². The van der Waals surface area contributed by atoms with Gasteiger partial charge in [0.25, 0.3) is 0 Å². The summed E-state index contributed by atoms with van der Waals surface area (Å²) < 4.78 is 25.0. The van der Waals surface area contributed by atoms with Crippen molar-refractivity contribution in [2.75, 3.05) is 6.54 Å². The molecule has 2 unspecified atom stereocenters. The number of rotatable bonds is 3. The van der Waals surface area contributed by atoms with Crippen LogP contribution < -0.4 is 5.32 Å². The number of nitrogens with one attached hydrogen (secondary N) is 1. The highest BCUT2D eigenvalue weighted by atomic mass is 19.3. The fourth-order valence-electron chi connectivity index (χ4n) is 2.66. The molecule has 0 aliphatic heterocycles. The second-order valence-electron chi connectivity index (χ2n) is 5.15. The van der Waals surface area contributed by atoms with E-state index in [9.17, 15) is 8.78 Å². The molecule has 0 amide bonds. The Hall–Kier alpha value is -0.180. The van der Waals surface area contributed by atoms with Gasteiger partial charge in [-0.15, -0.1) is 0 Å². The van der Waals surface area contributed by atoms with Gasteiger partial charge in [0.05, 0.1) is 0 Å². The van der Waals surface area contributed by atoms with Gasteiger partial charge in [0, 0.05) is 18.9 Å². The lowest BCUT2D eigenvalue weighted by Gasteiger charge is -2.35. The molecule has 2 fully saturated rings. The van der Waals surface area contributed by atoms with Crippen LogP contribution in [0.4, 0.5) is 8.78 Å². The van der Waals surface area contributed by atoms with E-state index in [0.29, 0.717) is 6.04 Å². The zero-order valence-corrected chi connectivity index (χ0v) is 8.73. The van der Waals surface area contributed by atoms with Gasteiger partial charge in [-0.25, -0.2) is 8.78 Å². The second kappa shape index (κ2) is 3.76. The largest absolute Gasteiger partial charge is 0.314 e. The Bertz CT molecular complexity index is 197. The molecule has 2 atom stereocenters. The van der Waals surface area contributed by atoms with E-state index < -0.39 is 5.92 Å². The van der Waals surface area contributed by atoms with E-state index in [1.54, 1.807) is 0 Å². The normalized spacial score (nSPS) is 37.1. The Kier molecular flexibility index (Phi) is 2.78. The van der Waals surface area contributed by atoms with Crippen LogP contribution in [0.15, 0.2) is 0 Å². The molecular formula is C11H19F2N. The summed E-state index contributed by atoms with van der Waals surface area (Å²) in [4.78, 5) is 0. The first-order valence-corrected chi connectivity index (χ1v) is 5.66. The average molecular weight is 203 g/mol. The highest BCUT2D eigenvalue weighted by Crippen LogP contribution is 2.42. The number of hydrogen-bond donors (Lipinski definition) is 1. The molecule has 0 saturated heterocycles. The van der Waals surface area contributed by atoms with E-state index in [-0.39, 0.29) is 18.8 Å². The molecule has 14 heavy (non-hydrogen) atoms. The molecule has 0 radical (unpaired) electrons. The number of alkyl halides is 2. The first-order chi connectivity index (χ1) is 6.55. The van der Waals surface area contributed by atoms with Crippen LogP contribution in [0.1, 0.15) is 39.0 Å². The lowest BCUT2D eigenvalue weighted by molar-refractivity contribution is -0.109. The summed E-state index contributed by atoms with van der Waals surface area (Å²) in [7, 11) is 0. The maximum absolute atomic E-state index is 12.5. The van der Waals surface area contributed by atoms with Gasteiger partial charge in [0.15, 0.2) is 0 Å². The van der Waals surface area contributed by atoms with Gasteiger partial charge < -0.3 is 5.32 Å². The summed E-state index contributed by atoms with van der Waals surface area (Å²) >= 11 is 0. The lowest BCUT2D eigenvalue weighted by atomic mass is 9.81. The van der Waals surface area contributed by atoms with E-state index >= 15 is 0 Å². The van der Waals surface area contributed by atoms with Crippen molar-refractivity contribution in [1.29, 1.82) is 0 Å². The molecule has 3 heteroatoms. The number of hydrogen-bond acceptors (Lipinski definition) is 1. The Morgan fingerprint density at radius 2 is 2.00 bits per heavy atom. The van der Waals surface area contributed by atoms with Crippen LogP contribution in [0.25, 0.3) is 0 Å². The Balaban J connectivity index is 1.60. The van der Waals surface area contributed by atoms with Crippen molar-refractivity contribution >= 4 is 0 Å². The van der Waals surface area contributed by atoms with Crippen molar-refractivity contribution in [1.82, 2.24) is 5.32 Å². The topological polar surface area (TPSA) is 12.0 Å². The van der Waals surface area contributed by atoms with Crippen LogP contribution in [0.3, 0.4) is 0 Å². The third-order valence-corrected chi connectivity index (χ3v) is 3.56. The van der Waals surface area contributed by atoms with Crippen molar-refractivity contribution in [2.24, 2.45) is 11.8 Å². The molecule has 0 aromatic heterocycles. The average Bonchev–Trinajstić information content (AvgIpc) is 2.44. The summed E-state index contributed by atoms with van der Waals surface area (Å²) in [5.74, 6) is -1.31. The van der Waals surface area contributed by atoms with Crippen molar-refractivity contribution in [3.63, 3.8) is 0 Å². The molecule has 0 bridgehead atoms. The maximum atomic E-state index is 12.5. The molecule has 0 spiro atoms. The summed E-state index contributed by atoms with van der Waals surface area (Å²) in [5.41, 5.74) is 0. The van der Waals surface area contributed by atoms with Crippen LogP contribution in [0.5, 0.6) is 0 Å². The van der Waals surface area contributed by atoms with Gasteiger partial charge in [-0.05, 0) is 37.6 Å². The summed E-state index contributed by atoms with van der Waals surface area (Å²) in [5, 5.41) is 3.42. The minimum Gasteiger partial charge on any atom is -0.314 e. The van der Waals surface area contributed by atoms with E-state index in [4.69, 9.17) is 0 Å². The zero-order chi connectivity index (χ0) is 10.2. The first-order valence-electron chi connectivity index (χ1n) is 5.66. The van der Waals surface area contributed by atoms with Gasteiger partial charge in [0.2, 0.25) is 5.92 Å². The van der Waals surface area contributed by atoms with Crippen molar-refractivity contribution in [3.8, 4) is 0 Å².